The highest BCUT2D eigenvalue weighted by atomic mass is 16.2. The van der Waals surface area contributed by atoms with Crippen molar-refractivity contribution in [2.75, 3.05) is 0 Å². The van der Waals surface area contributed by atoms with Gasteiger partial charge in [0.05, 0.1) is 18.3 Å². The molecule has 8 heteroatoms. The van der Waals surface area contributed by atoms with Crippen molar-refractivity contribution in [3.63, 3.8) is 0 Å². The molecular weight excluding hydrogens is 382 g/mol. The number of carbonyl (C=O) groups excluding carboxylic acids is 3. The van der Waals surface area contributed by atoms with Crippen LogP contribution in [0.4, 0.5) is 4.79 Å². The standard InChI is InChI=1S/C22H21N5O3/c1-2-22(18-11-7-4-8-12-18)20(29)27(21(30)24-22)25-19(28)17-13-23-26(15-17)14-16-9-5-3-6-10-16/h3-13,15H,2,14H2,1H3,(H,24,30)(H,25,28). The zero-order valence-electron chi connectivity index (χ0n) is 16.4. The molecule has 1 aliphatic heterocycles. The average molecular weight is 403 g/mol. The van der Waals surface area contributed by atoms with Crippen LogP contribution in [0.3, 0.4) is 0 Å². The lowest BCUT2D eigenvalue weighted by Gasteiger charge is -2.25. The molecule has 30 heavy (non-hydrogen) atoms. The van der Waals surface area contributed by atoms with Crippen molar-refractivity contribution in [3.8, 4) is 0 Å². The van der Waals surface area contributed by atoms with Crippen molar-refractivity contribution in [2.45, 2.75) is 25.4 Å². The predicted molar refractivity (Wildman–Crippen MR) is 109 cm³/mol. The number of urea groups is 1. The molecule has 2 N–H and O–H groups in total. The van der Waals surface area contributed by atoms with Gasteiger partial charge in [-0.05, 0) is 17.5 Å². The highest BCUT2D eigenvalue weighted by Gasteiger charge is 2.52. The molecule has 1 unspecified atom stereocenters. The Morgan fingerprint density at radius 1 is 1.07 bits per heavy atom. The quantitative estimate of drug-likeness (QED) is 0.618. The first-order chi connectivity index (χ1) is 14.5. The van der Waals surface area contributed by atoms with Crippen LogP contribution in [0, 0.1) is 0 Å². The van der Waals surface area contributed by atoms with E-state index in [2.05, 4.69) is 15.8 Å². The molecule has 2 heterocycles. The molecule has 0 radical (unpaired) electrons. The Morgan fingerprint density at radius 2 is 1.73 bits per heavy atom. The van der Waals surface area contributed by atoms with Crippen molar-refractivity contribution in [2.24, 2.45) is 0 Å². The molecule has 0 saturated carbocycles. The molecule has 2 aromatic carbocycles. The summed E-state index contributed by atoms with van der Waals surface area (Å²) in [6.07, 6.45) is 3.33. The van der Waals surface area contributed by atoms with Crippen LogP contribution >= 0.6 is 0 Å². The van der Waals surface area contributed by atoms with Gasteiger partial charge < -0.3 is 5.32 Å². The minimum Gasteiger partial charge on any atom is -0.318 e. The molecule has 1 fully saturated rings. The second-order valence-corrected chi connectivity index (χ2v) is 7.05. The largest absolute Gasteiger partial charge is 0.344 e. The molecule has 4 amide bonds. The van der Waals surface area contributed by atoms with Crippen molar-refractivity contribution in [3.05, 3.63) is 89.7 Å². The van der Waals surface area contributed by atoms with E-state index >= 15 is 0 Å². The number of hydrazine groups is 1. The molecule has 0 spiro atoms. The van der Waals surface area contributed by atoms with E-state index in [1.165, 1.54) is 6.20 Å². The average Bonchev–Trinajstić information content (AvgIpc) is 3.33. The minimum absolute atomic E-state index is 0.250. The summed E-state index contributed by atoms with van der Waals surface area (Å²) in [6, 6.07) is 18.0. The van der Waals surface area contributed by atoms with E-state index in [4.69, 9.17) is 0 Å². The van der Waals surface area contributed by atoms with Gasteiger partial charge in [-0.15, -0.1) is 0 Å². The number of rotatable bonds is 6. The second kappa shape index (κ2) is 7.82. The number of benzene rings is 2. The summed E-state index contributed by atoms with van der Waals surface area (Å²) >= 11 is 0. The zero-order chi connectivity index (χ0) is 21.1. The summed E-state index contributed by atoms with van der Waals surface area (Å²) in [7, 11) is 0. The van der Waals surface area contributed by atoms with Crippen LogP contribution in [0.15, 0.2) is 73.1 Å². The first-order valence-electron chi connectivity index (χ1n) is 9.63. The molecule has 1 aliphatic rings. The highest BCUT2D eigenvalue weighted by Crippen LogP contribution is 2.31. The normalized spacial score (nSPS) is 18.4. The number of carbonyl (C=O) groups is 3. The van der Waals surface area contributed by atoms with E-state index in [-0.39, 0.29) is 5.56 Å². The number of aromatic nitrogens is 2. The Hall–Kier alpha value is -3.94. The maximum atomic E-state index is 13.1. The van der Waals surface area contributed by atoms with Crippen LogP contribution in [-0.2, 0) is 16.9 Å². The van der Waals surface area contributed by atoms with Crippen LogP contribution in [-0.4, -0.2) is 32.6 Å². The van der Waals surface area contributed by atoms with E-state index in [0.717, 1.165) is 10.6 Å². The SMILES string of the molecule is CCC1(c2ccccc2)NC(=O)N(NC(=O)c2cnn(Cc3ccccc3)c2)C1=O. The number of amides is 4. The maximum absolute atomic E-state index is 13.1. The Morgan fingerprint density at radius 3 is 2.40 bits per heavy atom. The lowest BCUT2D eigenvalue weighted by Crippen LogP contribution is -2.48. The third kappa shape index (κ3) is 3.43. The van der Waals surface area contributed by atoms with Gasteiger partial charge in [-0.2, -0.15) is 10.1 Å². The van der Waals surface area contributed by atoms with Crippen LogP contribution in [0.5, 0.6) is 0 Å². The van der Waals surface area contributed by atoms with E-state index < -0.39 is 23.4 Å². The predicted octanol–water partition coefficient (Wildman–Crippen LogP) is 2.43. The summed E-state index contributed by atoms with van der Waals surface area (Å²) < 4.78 is 1.62. The summed E-state index contributed by atoms with van der Waals surface area (Å²) in [5.74, 6) is -1.11. The first-order valence-corrected chi connectivity index (χ1v) is 9.63. The Kier molecular flexibility index (Phi) is 5.05. The molecule has 1 atom stereocenters. The molecule has 3 aromatic rings. The molecule has 1 aromatic heterocycles. The van der Waals surface area contributed by atoms with Gasteiger partial charge in [-0.3, -0.25) is 19.7 Å². The Bertz CT molecular complexity index is 1080. The fourth-order valence-electron chi connectivity index (χ4n) is 3.54. The van der Waals surface area contributed by atoms with Gasteiger partial charge in [0.15, 0.2) is 0 Å². The summed E-state index contributed by atoms with van der Waals surface area (Å²) in [4.78, 5) is 38.2. The van der Waals surface area contributed by atoms with Gasteiger partial charge >= 0.3 is 6.03 Å². The molecule has 0 bridgehead atoms. The zero-order valence-corrected chi connectivity index (χ0v) is 16.4. The maximum Gasteiger partial charge on any atom is 0.344 e. The topological polar surface area (TPSA) is 96.3 Å². The Labute approximate surface area is 173 Å². The van der Waals surface area contributed by atoms with Crippen molar-refractivity contribution in [1.29, 1.82) is 0 Å². The van der Waals surface area contributed by atoms with Crippen LogP contribution in [0.25, 0.3) is 0 Å². The van der Waals surface area contributed by atoms with E-state index in [1.807, 2.05) is 43.3 Å². The van der Waals surface area contributed by atoms with Gasteiger partial charge in [0.2, 0.25) is 0 Å². The van der Waals surface area contributed by atoms with E-state index in [1.54, 1.807) is 35.1 Å². The molecule has 1 saturated heterocycles. The second-order valence-electron chi connectivity index (χ2n) is 7.05. The van der Waals surface area contributed by atoms with Crippen LogP contribution in [0.1, 0.15) is 34.8 Å². The number of nitrogens with one attached hydrogen (secondary N) is 2. The fourth-order valence-corrected chi connectivity index (χ4v) is 3.54. The monoisotopic (exact) mass is 403 g/mol. The molecule has 4 rings (SSSR count). The smallest absolute Gasteiger partial charge is 0.318 e. The van der Waals surface area contributed by atoms with Gasteiger partial charge in [0.1, 0.15) is 5.54 Å². The Balaban J connectivity index is 1.50. The number of nitrogens with zero attached hydrogens (tertiary/aromatic N) is 3. The van der Waals surface area contributed by atoms with Gasteiger partial charge in [-0.1, -0.05) is 67.6 Å². The van der Waals surface area contributed by atoms with E-state index in [0.29, 0.717) is 18.5 Å². The third-order valence-electron chi connectivity index (χ3n) is 5.18. The molecule has 0 aliphatic carbocycles. The molecular formula is C22H21N5O3. The number of imide groups is 1. The van der Waals surface area contributed by atoms with Crippen molar-refractivity contribution < 1.29 is 14.4 Å². The van der Waals surface area contributed by atoms with Gasteiger partial charge in [0.25, 0.3) is 11.8 Å². The van der Waals surface area contributed by atoms with Gasteiger partial charge in [0, 0.05) is 6.20 Å². The summed E-state index contributed by atoms with van der Waals surface area (Å²) in [5, 5.41) is 7.66. The van der Waals surface area contributed by atoms with E-state index in [9.17, 15) is 14.4 Å². The molecule has 8 nitrogen and oxygen atoms in total. The minimum atomic E-state index is -1.21. The summed E-state index contributed by atoms with van der Waals surface area (Å²) in [5.41, 5.74) is 3.16. The fraction of sp³-hybridized carbons (Fsp3) is 0.182. The van der Waals surface area contributed by atoms with Crippen LogP contribution in [0.2, 0.25) is 0 Å². The van der Waals surface area contributed by atoms with Gasteiger partial charge in [-0.25, -0.2) is 4.79 Å². The summed E-state index contributed by atoms with van der Waals surface area (Å²) in [6.45, 7) is 2.31. The van der Waals surface area contributed by atoms with Crippen molar-refractivity contribution in [1.82, 2.24) is 25.5 Å². The third-order valence-corrected chi connectivity index (χ3v) is 5.18. The molecule has 152 valence electrons. The number of hydrogen-bond donors (Lipinski definition) is 2. The highest BCUT2D eigenvalue weighted by molar-refractivity contribution is 6.09. The van der Waals surface area contributed by atoms with Crippen LogP contribution < -0.4 is 10.7 Å². The lowest BCUT2D eigenvalue weighted by molar-refractivity contribution is -0.133. The first kappa shape index (κ1) is 19.4. The lowest BCUT2D eigenvalue weighted by atomic mass is 9.87. The number of hydrogen-bond acceptors (Lipinski definition) is 4. The van der Waals surface area contributed by atoms with Crippen molar-refractivity contribution >= 4 is 17.8 Å².